The van der Waals surface area contributed by atoms with E-state index in [1.54, 1.807) is 35.2 Å². The zero-order chi connectivity index (χ0) is 20.2. The molecule has 0 saturated carbocycles. The van der Waals surface area contributed by atoms with Crippen LogP contribution in [0.25, 0.3) is 0 Å². The lowest BCUT2D eigenvalue weighted by atomic mass is 10.2. The van der Waals surface area contributed by atoms with Gasteiger partial charge in [-0.1, -0.05) is 18.2 Å². The SMILES string of the molecule is O=C(c1cnc(Nc2cccc(F)c2)cn1)N1CCN(c2ccccc2F)CC1. The van der Waals surface area contributed by atoms with Crippen molar-refractivity contribution in [2.24, 2.45) is 0 Å². The predicted molar refractivity (Wildman–Crippen MR) is 106 cm³/mol. The molecule has 1 saturated heterocycles. The van der Waals surface area contributed by atoms with E-state index in [1.807, 2.05) is 4.90 Å². The third-order valence-corrected chi connectivity index (χ3v) is 4.73. The standard InChI is InChI=1S/C21H19F2N5O/c22-15-4-3-5-16(12-15)26-20-14-24-18(13-25-20)21(29)28-10-8-27(9-11-28)19-7-2-1-6-17(19)23/h1-7,12-14H,8-11H2,(H,25,26). The van der Waals surface area contributed by atoms with E-state index in [4.69, 9.17) is 0 Å². The maximum atomic E-state index is 13.9. The molecule has 0 unspecified atom stereocenters. The summed E-state index contributed by atoms with van der Waals surface area (Å²) < 4.78 is 27.2. The fraction of sp³-hybridized carbons (Fsp3) is 0.190. The van der Waals surface area contributed by atoms with E-state index in [2.05, 4.69) is 15.3 Å². The number of rotatable bonds is 4. The second-order valence-electron chi connectivity index (χ2n) is 6.65. The Morgan fingerprint density at radius 2 is 1.72 bits per heavy atom. The molecule has 1 aromatic heterocycles. The Hall–Kier alpha value is -3.55. The molecule has 2 heterocycles. The average molecular weight is 395 g/mol. The van der Waals surface area contributed by atoms with Crippen LogP contribution in [0, 0.1) is 11.6 Å². The molecule has 0 radical (unpaired) electrons. The summed E-state index contributed by atoms with van der Waals surface area (Å²) in [5.41, 5.74) is 1.32. The van der Waals surface area contributed by atoms with Gasteiger partial charge in [-0.2, -0.15) is 0 Å². The smallest absolute Gasteiger partial charge is 0.274 e. The summed E-state index contributed by atoms with van der Waals surface area (Å²) in [6.45, 7) is 2.02. The van der Waals surface area contributed by atoms with E-state index in [1.165, 1.54) is 30.6 Å². The minimum atomic E-state index is -0.357. The van der Waals surface area contributed by atoms with Gasteiger partial charge < -0.3 is 15.1 Å². The number of hydrogen-bond acceptors (Lipinski definition) is 5. The Bertz CT molecular complexity index is 1000. The fourth-order valence-electron chi connectivity index (χ4n) is 3.24. The topological polar surface area (TPSA) is 61.4 Å². The lowest BCUT2D eigenvalue weighted by Crippen LogP contribution is -2.49. The number of nitrogens with one attached hydrogen (secondary N) is 1. The Balaban J connectivity index is 1.37. The number of carbonyl (C=O) groups is 1. The van der Waals surface area contributed by atoms with Crippen molar-refractivity contribution >= 4 is 23.1 Å². The summed E-state index contributed by atoms with van der Waals surface area (Å²) in [5, 5.41) is 2.94. The molecule has 29 heavy (non-hydrogen) atoms. The summed E-state index contributed by atoms with van der Waals surface area (Å²) >= 11 is 0. The normalized spacial score (nSPS) is 14.0. The van der Waals surface area contributed by atoms with Gasteiger partial charge in [-0.3, -0.25) is 4.79 Å². The van der Waals surface area contributed by atoms with Gasteiger partial charge in [0.1, 0.15) is 23.1 Å². The largest absolute Gasteiger partial charge is 0.366 e. The molecule has 0 spiro atoms. The number of halogens is 2. The van der Waals surface area contributed by atoms with Crippen molar-refractivity contribution in [2.75, 3.05) is 36.4 Å². The highest BCUT2D eigenvalue weighted by Crippen LogP contribution is 2.21. The van der Waals surface area contributed by atoms with Crippen LogP contribution in [0.1, 0.15) is 10.5 Å². The molecule has 8 heteroatoms. The summed E-state index contributed by atoms with van der Waals surface area (Å²) in [5.74, 6) is -0.427. The number of hydrogen-bond donors (Lipinski definition) is 1. The van der Waals surface area contributed by atoms with E-state index in [9.17, 15) is 13.6 Å². The van der Waals surface area contributed by atoms with E-state index in [0.29, 0.717) is 43.4 Å². The van der Waals surface area contributed by atoms with Crippen molar-refractivity contribution in [1.82, 2.24) is 14.9 Å². The van der Waals surface area contributed by atoms with Gasteiger partial charge in [-0.25, -0.2) is 18.7 Å². The molecule has 2 aromatic carbocycles. The molecule has 148 valence electrons. The second-order valence-corrected chi connectivity index (χ2v) is 6.65. The minimum Gasteiger partial charge on any atom is -0.366 e. The number of aromatic nitrogens is 2. The zero-order valence-electron chi connectivity index (χ0n) is 15.6. The number of anilines is 3. The molecule has 1 fully saturated rings. The number of carbonyl (C=O) groups excluding carboxylic acids is 1. The monoisotopic (exact) mass is 395 g/mol. The Morgan fingerprint density at radius 3 is 2.41 bits per heavy atom. The van der Waals surface area contributed by atoms with Gasteiger partial charge in [0.15, 0.2) is 0 Å². The van der Waals surface area contributed by atoms with Crippen molar-refractivity contribution < 1.29 is 13.6 Å². The van der Waals surface area contributed by atoms with Crippen LogP contribution >= 0.6 is 0 Å². The molecule has 6 nitrogen and oxygen atoms in total. The van der Waals surface area contributed by atoms with Crippen LogP contribution in [0.3, 0.4) is 0 Å². The maximum Gasteiger partial charge on any atom is 0.274 e. The summed E-state index contributed by atoms with van der Waals surface area (Å²) in [6.07, 6.45) is 2.83. The maximum absolute atomic E-state index is 13.9. The van der Waals surface area contributed by atoms with E-state index >= 15 is 0 Å². The molecule has 1 amide bonds. The summed E-state index contributed by atoms with van der Waals surface area (Å²) in [7, 11) is 0. The first-order chi connectivity index (χ1) is 14.1. The van der Waals surface area contributed by atoms with Crippen molar-refractivity contribution in [3.63, 3.8) is 0 Å². The first-order valence-electron chi connectivity index (χ1n) is 9.23. The summed E-state index contributed by atoms with van der Waals surface area (Å²) in [6, 6.07) is 12.6. The molecule has 1 aliphatic heterocycles. The Labute approximate surface area is 166 Å². The van der Waals surface area contributed by atoms with Crippen molar-refractivity contribution in [3.05, 3.63) is 78.3 Å². The van der Waals surface area contributed by atoms with Crippen LogP contribution in [0.5, 0.6) is 0 Å². The average Bonchev–Trinajstić information content (AvgIpc) is 2.74. The van der Waals surface area contributed by atoms with Crippen LogP contribution in [-0.2, 0) is 0 Å². The number of para-hydroxylation sites is 1. The molecular weight excluding hydrogens is 376 g/mol. The van der Waals surface area contributed by atoms with Gasteiger partial charge in [0.2, 0.25) is 0 Å². The van der Waals surface area contributed by atoms with E-state index in [0.717, 1.165) is 0 Å². The molecule has 1 aliphatic rings. The molecule has 1 N–H and O–H groups in total. The molecule has 0 aliphatic carbocycles. The number of amides is 1. The van der Waals surface area contributed by atoms with Crippen LogP contribution in [0.15, 0.2) is 60.9 Å². The Morgan fingerprint density at radius 1 is 0.931 bits per heavy atom. The molecule has 0 atom stereocenters. The molecule has 3 aromatic rings. The lowest BCUT2D eigenvalue weighted by molar-refractivity contribution is 0.0740. The van der Waals surface area contributed by atoms with Gasteiger partial charge in [0.05, 0.1) is 18.1 Å². The van der Waals surface area contributed by atoms with Crippen LogP contribution in [0.2, 0.25) is 0 Å². The first kappa shape index (κ1) is 18.8. The van der Waals surface area contributed by atoms with Gasteiger partial charge in [0.25, 0.3) is 5.91 Å². The Kier molecular flexibility index (Phi) is 5.33. The van der Waals surface area contributed by atoms with Gasteiger partial charge in [-0.15, -0.1) is 0 Å². The molecule has 4 rings (SSSR count). The van der Waals surface area contributed by atoms with Gasteiger partial charge >= 0.3 is 0 Å². The van der Waals surface area contributed by atoms with Crippen LogP contribution in [0.4, 0.5) is 26.0 Å². The molecular formula is C21H19F2N5O. The highest BCUT2D eigenvalue weighted by Gasteiger charge is 2.24. The third kappa shape index (κ3) is 4.31. The van der Waals surface area contributed by atoms with Crippen molar-refractivity contribution in [2.45, 2.75) is 0 Å². The third-order valence-electron chi connectivity index (χ3n) is 4.73. The van der Waals surface area contributed by atoms with Crippen LogP contribution in [-0.4, -0.2) is 47.0 Å². The number of piperazine rings is 1. The highest BCUT2D eigenvalue weighted by molar-refractivity contribution is 5.92. The van der Waals surface area contributed by atoms with E-state index < -0.39 is 0 Å². The summed E-state index contributed by atoms with van der Waals surface area (Å²) in [4.78, 5) is 24.7. The number of benzene rings is 2. The number of nitrogens with zero attached hydrogens (tertiary/aromatic N) is 4. The quantitative estimate of drug-likeness (QED) is 0.733. The van der Waals surface area contributed by atoms with Crippen LogP contribution < -0.4 is 10.2 Å². The van der Waals surface area contributed by atoms with Crippen molar-refractivity contribution in [3.8, 4) is 0 Å². The first-order valence-corrected chi connectivity index (χ1v) is 9.23. The van der Waals surface area contributed by atoms with Gasteiger partial charge in [0, 0.05) is 31.9 Å². The minimum absolute atomic E-state index is 0.219. The lowest BCUT2D eigenvalue weighted by Gasteiger charge is -2.36. The van der Waals surface area contributed by atoms with Crippen molar-refractivity contribution in [1.29, 1.82) is 0 Å². The zero-order valence-corrected chi connectivity index (χ0v) is 15.6. The fourth-order valence-corrected chi connectivity index (χ4v) is 3.24. The highest BCUT2D eigenvalue weighted by atomic mass is 19.1. The van der Waals surface area contributed by atoms with Gasteiger partial charge in [-0.05, 0) is 30.3 Å². The molecule has 0 bridgehead atoms. The van der Waals surface area contributed by atoms with E-state index in [-0.39, 0.29) is 23.2 Å². The second kappa shape index (κ2) is 8.22. The predicted octanol–water partition coefficient (Wildman–Crippen LogP) is 3.46.